The summed E-state index contributed by atoms with van der Waals surface area (Å²) < 4.78 is 0. The molecule has 0 fully saturated rings. The Morgan fingerprint density at radius 1 is 1.31 bits per heavy atom. The van der Waals surface area contributed by atoms with Gasteiger partial charge in [-0.15, -0.1) is 0 Å². The summed E-state index contributed by atoms with van der Waals surface area (Å²) in [6.45, 7) is 7.84. The van der Waals surface area contributed by atoms with E-state index in [4.69, 9.17) is 0 Å². The molecule has 16 heavy (non-hydrogen) atoms. The molecule has 1 unspecified atom stereocenters. The summed E-state index contributed by atoms with van der Waals surface area (Å²) >= 11 is 0. The van der Waals surface area contributed by atoms with Gasteiger partial charge >= 0.3 is 0 Å². The summed E-state index contributed by atoms with van der Waals surface area (Å²) in [5.74, 6) is -0.217. The Hall–Kier alpha value is -1.10. The van der Waals surface area contributed by atoms with Gasteiger partial charge in [-0.3, -0.25) is 14.9 Å². The van der Waals surface area contributed by atoms with Crippen LogP contribution in [0.15, 0.2) is 0 Å². The van der Waals surface area contributed by atoms with E-state index in [9.17, 15) is 9.59 Å². The van der Waals surface area contributed by atoms with Crippen molar-refractivity contribution in [2.75, 3.05) is 13.6 Å². The maximum absolute atomic E-state index is 11.7. The molecule has 0 aliphatic heterocycles. The third-order valence-corrected chi connectivity index (χ3v) is 2.59. The highest BCUT2D eigenvalue weighted by atomic mass is 16.2. The summed E-state index contributed by atoms with van der Waals surface area (Å²) in [6, 6.07) is -0.372. The van der Waals surface area contributed by atoms with Crippen molar-refractivity contribution < 1.29 is 9.59 Å². The molecule has 0 aliphatic rings. The van der Waals surface area contributed by atoms with Crippen molar-refractivity contribution in [3.8, 4) is 0 Å². The van der Waals surface area contributed by atoms with Crippen molar-refractivity contribution >= 4 is 11.8 Å². The smallest absolute Gasteiger partial charge is 0.237 e. The van der Waals surface area contributed by atoms with E-state index in [1.165, 1.54) is 0 Å². The van der Waals surface area contributed by atoms with Gasteiger partial charge in [0.15, 0.2) is 0 Å². The lowest BCUT2D eigenvalue weighted by molar-refractivity contribution is -0.124. The predicted octanol–water partition coefficient (Wildman–Crippen LogP) is 0.0153. The Morgan fingerprint density at radius 3 is 2.31 bits per heavy atom. The first-order valence-electron chi connectivity index (χ1n) is 5.58. The summed E-state index contributed by atoms with van der Waals surface area (Å²) in [7, 11) is 1.56. The molecule has 3 N–H and O–H groups in total. The van der Waals surface area contributed by atoms with Gasteiger partial charge in [-0.1, -0.05) is 6.92 Å². The van der Waals surface area contributed by atoms with E-state index in [0.717, 1.165) is 6.42 Å². The molecule has 0 aliphatic carbocycles. The fourth-order valence-electron chi connectivity index (χ4n) is 0.957. The Bertz CT molecular complexity index is 252. The highest BCUT2D eigenvalue weighted by Crippen LogP contribution is 2.06. The van der Waals surface area contributed by atoms with Crippen LogP contribution in [0.25, 0.3) is 0 Å². The van der Waals surface area contributed by atoms with Crippen molar-refractivity contribution in [1.29, 1.82) is 0 Å². The van der Waals surface area contributed by atoms with Crippen LogP contribution in [0, 0.1) is 0 Å². The lowest BCUT2D eigenvalue weighted by Crippen LogP contribution is -2.51. The number of rotatable bonds is 6. The molecule has 0 heterocycles. The third-order valence-electron chi connectivity index (χ3n) is 2.59. The lowest BCUT2D eigenvalue weighted by Gasteiger charge is -2.26. The van der Waals surface area contributed by atoms with Gasteiger partial charge in [0.25, 0.3) is 0 Å². The summed E-state index contributed by atoms with van der Waals surface area (Å²) in [5.41, 5.74) is -0.208. The van der Waals surface area contributed by atoms with E-state index in [1.54, 1.807) is 14.0 Å². The molecule has 0 aromatic heterocycles. The average molecular weight is 229 g/mol. The van der Waals surface area contributed by atoms with Gasteiger partial charge in [-0.2, -0.15) is 0 Å². The molecule has 0 rings (SSSR count). The molecule has 2 amide bonds. The van der Waals surface area contributed by atoms with E-state index < -0.39 is 0 Å². The number of amides is 2. The zero-order valence-corrected chi connectivity index (χ0v) is 10.8. The molecular weight excluding hydrogens is 206 g/mol. The average Bonchev–Trinajstić information content (AvgIpc) is 2.24. The van der Waals surface area contributed by atoms with E-state index in [0.29, 0.717) is 0 Å². The number of nitrogens with one attached hydrogen (secondary N) is 3. The minimum Gasteiger partial charge on any atom is -0.358 e. The van der Waals surface area contributed by atoms with Gasteiger partial charge in [0.2, 0.25) is 11.8 Å². The lowest BCUT2D eigenvalue weighted by atomic mass is 10.0. The number of likely N-dealkylation sites (N-methyl/N-ethyl adjacent to an activating group) is 1. The number of carbonyl (C=O) groups is 2. The fourth-order valence-corrected chi connectivity index (χ4v) is 0.957. The van der Waals surface area contributed by atoms with Crippen LogP contribution in [0.5, 0.6) is 0 Å². The van der Waals surface area contributed by atoms with Gasteiger partial charge in [0.05, 0.1) is 12.6 Å². The van der Waals surface area contributed by atoms with Crippen LogP contribution in [0.4, 0.5) is 0 Å². The van der Waals surface area contributed by atoms with Crippen LogP contribution >= 0.6 is 0 Å². The summed E-state index contributed by atoms with van der Waals surface area (Å²) in [6.07, 6.45) is 0.862. The first-order valence-corrected chi connectivity index (χ1v) is 5.58. The monoisotopic (exact) mass is 229 g/mol. The first-order chi connectivity index (χ1) is 7.32. The molecule has 0 bridgehead atoms. The predicted molar refractivity (Wildman–Crippen MR) is 64.0 cm³/mol. The molecule has 1 atom stereocenters. The van der Waals surface area contributed by atoms with Gasteiger partial charge in [-0.25, -0.2) is 0 Å². The van der Waals surface area contributed by atoms with E-state index in [-0.39, 0.29) is 29.9 Å². The quantitative estimate of drug-likeness (QED) is 0.601. The second-order valence-corrected chi connectivity index (χ2v) is 4.50. The highest BCUT2D eigenvalue weighted by molar-refractivity contribution is 5.83. The number of hydrogen-bond acceptors (Lipinski definition) is 3. The zero-order valence-electron chi connectivity index (χ0n) is 10.8. The van der Waals surface area contributed by atoms with Gasteiger partial charge < -0.3 is 10.6 Å². The van der Waals surface area contributed by atoms with Crippen molar-refractivity contribution in [3.63, 3.8) is 0 Å². The molecule has 0 radical (unpaired) electrons. The maximum atomic E-state index is 11.7. The fraction of sp³-hybridized carbons (Fsp3) is 0.818. The largest absolute Gasteiger partial charge is 0.358 e. The van der Waals surface area contributed by atoms with Gasteiger partial charge in [-0.05, 0) is 27.2 Å². The SMILES string of the molecule is CCC(C)(C)NC(=O)C(C)NCC(=O)NC. The Balaban J connectivity index is 4.05. The minimum atomic E-state index is -0.372. The molecule has 5 heteroatoms. The maximum Gasteiger partial charge on any atom is 0.237 e. The Labute approximate surface area is 97.4 Å². The topological polar surface area (TPSA) is 70.2 Å². The molecule has 0 saturated heterocycles. The van der Waals surface area contributed by atoms with Crippen LogP contribution < -0.4 is 16.0 Å². The van der Waals surface area contributed by atoms with Gasteiger partial charge in [0.1, 0.15) is 0 Å². The normalized spacial score (nSPS) is 13.1. The van der Waals surface area contributed by atoms with Crippen molar-refractivity contribution in [2.45, 2.75) is 45.7 Å². The summed E-state index contributed by atoms with van der Waals surface area (Å²) in [5, 5.41) is 8.26. The second kappa shape index (κ2) is 6.48. The van der Waals surface area contributed by atoms with Gasteiger partial charge in [0, 0.05) is 12.6 Å². The van der Waals surface area contributed by atoms with E-state index >= 15 is 0 Å². The van der Waals surface area contributed by atoms with E-state index in [2.05, 4.69) is 16.0 Å². The van der Waals surface area contributed by atoms with Crippen molar-refractivity contribution in [1.82, 2.24) is 16.0 Å². The number of carbonyl (C=O) groups excluding carboxylic acids is 2. The third kappa shape index (κ3) is 5.70. The molecule has 0 aromatic carbocycles. The first kappa shape index (κ1) is 14.9. The molecule has 0 saturated carbocycles. The van der Waals surface area contributed by atoms with Crippen molar-refractivity contribution in [3.05, 3.63) is 0 Å². The standard InChI is InChI=1S/C11H23N3O2/c1-6-11(3,4)14-10(16)8(2)13-7-9(15)12-5/h8,13H,6-7H2,1-5H3,(H,12,15)(H,14,16). The van der Waals surface area contributed by atoms with Crippen molar-refractivity contribution in [2.24, 2.45) is 0 Å². The van der Waals surface area contributed by atoms with Crippen LogP contribution in [0.1, 0.15) is 34.1 Å². The molecule has 94 valence electrons. The number of hydrogen-bond donors (Lipinski definition) is 3. The molecule has 5 nitrogen and oxygen atoms in total. The second-order valence-electron chi connectivity index (χ2n) is 4.50. The molecule has 0 spiro atoms. The minimum absolute atomic E-state index is 0.0873. The van der Waals surface area contributed by atoms with E-state index in [1.807, 2.05) is 20.8 Å². The molecule has 0 aromatic rings. The summed E-state index contributed by atoms with van der Waals surface area (Å²) in [4.78, 5) is 22.7. The van der Waals surface area contributed by atoms with Crippen LogP contribution in [0.3, 0.4) is 0 Å². The zero-order chi connectivity index (χ0) is 12.8. The van der Waals surface area contributed by atoms with Crippen LogP contribution in [-0.2, 0) is 9.59 Å². The van der Waals surface area contributed by atoms with Crippen LogP contribution in [-0.4, -0.2) is 37.0 Å². The van der Waals surface area contributed by atoms with Crippen LogP contribution in [0.2, 0.25) is 0 Å². The highest BCUT2D eigenvalue weighted by Gasteiger charge is 2.21. The Kier molecular flexibility index (Phi) is 6.03. The molecular formula is C11H23N3O2. The Morgan fingerprint density at radius 2 is 1.88 bits per heavy atom.